The van der Waals surface area contributed by atoms with E-state index in [-0.39, 0.29) is 0 Å². The van der Waals surface area contributed by atoms with Crippen molar-refractivity contribution in [2.45, 2.75) is 59.5 Å². The highest BCUT2D eigenvalue weighted by molar-refractivity contribution is 6.30. The molecule has 0 aliphatic heterocycles. The third-order valence-electron chi connectivity index (χ3n) is 6.07. The fourth-order valence-corrected chi connectivity index (χ4v) is 5.11. The first-order valence-electron chi connectivity index (χ1n) is 7.81. The molecule has 0 saturated heterocycles. The third-order valence-corrected chi connectivity index (χ3v) is 6.31. The summed E-state index contributed by atoms with van der Waals surface area (Å²) in [4.78, 5) is 0. The summed E-state index contributed by atoms with van der Waals surface area (Å²) in [6.07, 6.45) is 4.21. The van der Waals surface area contributed by atoms with Crippen LogP contribution < -0.4 is 5.32 Å². The highest BCUT2D eigenvalue weighted by Crippen LogP contribution is 2.62. The van der Waals surface area contributed by atoms with E-state index in [0.717, 1.165) is 17.5 Å². The van der Waals surface area contributed by atoms with Gasteiger partial charge in [0.25, 0.3) is 0 Å². The molecule has 0 radical (unpaired) electrons. The smallest absolute Gasteiger partial charge is 0.0408 e. The molecule has 0 amide bonds. The lowest BCUT2D eigenvalue weighted by molar-refractivity contribution is 0.108. The van der Waals surface area contributed by atoms with Crippen LogP contribution in [0.2, 0.25) is 5.02 Å². The molecule has 110 valence electrons. The predicted octanol–water partition coefficient (Wildman–Crippen LogP) is 4.95. The van der Waals surface area contributed by atoms with Crippen LogP contribution in [0.1, 0.15) is 51.2 Å². The third kappa shape index (κ3) is 2.19. The Morgan fingerprint density at radius 3 is 2.65 bits per heavy atom. The van der Waals surface area contributed by atoms with Gasteiger partial charge < -0.3 is 5.32 Å². The molecule has 3 rings (SSSR count). The Bertz CT molecular complexity index is 517. The van der Waals surface area contributed by atoms with Gasteiger partial charge in [-0.25, -0.2) is 0 Å². The van der Waals surface area contributed by atoms with Gasteiger partial charge in [-0.05, 0) is 66.2 Å². The normalized spacial score (nSPS) is 34.6. The molecule has 2 saturated carbocycles. The van der Waals surface area contributed by atoms with E-state index in [1.54, 1.807) is 0 Å². The van der Waals surface area contributed by atoms with Gasteiger partial charge in [0.2, 0.25) is 0 Å². The molecule has 2 bridgehead atoms. The lowest BCUT2D eigenvalue weighted by atomic mass is 9.68. The molecule has 1 aromatic carbocycles. The monoisotopic (exact) mass is 291 g/mol. The van der Waals surface area contributed by atoms with E-state index in [0.29, 0.717) is 16.9 Å². The minimum Gasteiger partial charge on any atom is -0.309 e. The van der Waals surface area contributed by atoms with Crippen molar-refractivity contribution in [1.82, 2.24) is 5.32 Å². The second-order valence-corrected chi connectivity index (χ2v) is 8.24. The maximum atomic E-state index is 6.04. The van der Waals surface area contributed by atoms with Crippen molar-refractivity contribution in [2.24, 2.45) is 16.7 Å². The molecule has 2 fully saturated rings. The molecule has 3 atom stereocenters. The summed E-state index contributed by atoms with van der Waals surface area (Å²) in [5.41, 5.74) is 3.58. The summed E-state index contributed by atoms with van der Waals surface area (Å²) < 4.78 is 0. The van der Waals surface area contributed by atoms with Crippen molar-refractivity contribution in [3.63, 3.8) is 0 Å². The Morgan fingerprint density at radius 2 is 2.05 bits per heavy atom. The maximum Gasteiger partial charge on any atom is 0.0408 e. The fraction of sp³-hybridized carbons (Fsp3) is 0.667. The highest BCUT2D eigenvalue weighted by Gasteiger charge is 2.58. The van der Waals surface area contributed by atoms with Gasteiger partial charge in [0.15, 0.2) is 0 Å². The van der Waals surface area contributed by atoms with Crippen LogP contribution in [0.25, 0.3) is 0 Å². The summed E-state index contributed by atoms with van der Waals surface area (Å²) in [5.74, 6) is 0.899. The van der Waals surface area contributed by atoms with Crippen LogP contribution in [0.5, 0.6) is 0 Å². The Morgan fingerprint density at radius 1 is 1.30 bits per heavy atom. The lowest BCUT2D eigenvalue weighted by Crippen LogP contribution is -2.49. The van der Waals surface area contributed by atoms with Crippen LogP contribution >= 0.6 is 11.6 Å². The van der Waals surface area contributed by atoms with Gasteiger partial charge in [0.05, 0.1) is 0 Å². The van der Waals surface area contributed by atoms with Crippen LogP contribution in [-0.2, 0) is 6.54 Å². The molecule has 2 heteroatoms. The number of rotatable bonds is 3. The summed E-state index contributed by atoms with van der Waals surface area (Å²) in [5, 5.41) is 4.71. The molecule has 2 aliphatic rings. The standard InChI is InChI=1S/C18H26ClN/c1-12-9-15(19)6-5-13(12)11-20-16-17(2,3)14-7-8-18(16,4)10-14/h5-6,9,14,16,20H,7-8,10-11H2,1-4H3. The number of nitrogens with one attached hydrogen (secondary N) is 1. The Balaban J connectivity index is 1.75. The summed E-state index contributed by atoms with van der Waals surface area (Å²) in [6, 6.07) is 6.85. The van der Waals surface area contributed by atoms with E-state index < -0.39 is 0 Å². The molecule has 0 spiro atoms. The number of fused-ring (bicyclic) bond motifs is 2. The summed E-state index contributed by atoms with van der Waals surface area (Å²) >= 11 is 6.04. The number of halogens is 1. The Kier molecular flexibility index (Phi) is 3.42. The first-order chi connectivity index (χ1) is 9.33. The maximum absolute atomic E-state index is 6.04. The van der Waals surface area contributed by atoms with Gasteiger partial charge in [-0.3, -0.25) is 0 Å². The van der Waals surface area contributed by atoms with Crippen molar-refractivity contribution in [1.29, 1.82) is 0 Å². The van der Waals surface area contributed by atoms with E-state index in [2.05, 4.69) is 45.1 Å². The van der Waals surface area contributed by atoms with Gasteiger partial charge in [0, 0.05) is 17.6 Å². The van der Waals surface area contributed by atoms with E-state index >= 15 is 0 Å². The Labute approximate surface area is 128 Å². The minimum absolute atomic E-state index is 0.424. The van der Waals surface area contributed by atoms with E-state index in [9.17, 15) is 0 Å². The first-order valence-corrected chi connectivity index (χ1v) is 8.19. The molecule has 3 unspecified atom stereocenters. The van der Waals surface area contributed by atoms with Crippen molar-refractivity contribution < 1.29 is 0 Å². The van der Waals surface area contributed by atoms with Gasteiger partial charge >= 0.3 is 0 Å². The molecule has 20 heavy (non-hydrogen) atoms. The van der Waals surface area contributed by atoms with Crippen LogP contribution in [0, 0.1) is 23.7 Å². The van der Waals surface area contributed by atoms with Crippen LogP contribution in [0.15, 0.2) is 18.2 Å². The molecular weight excluding hydrogens is 266 g/mol. The molecule has 1 nitrogen and oxygen atoms in total. The van der Waals surface area contributed by atoms with Crippen molar-refractivity contribution in [3.8, 4) is 0 Å². The average Bonchev–Trinajstić information content (AvgIpc) is 2.82. The van der Waals surface area contributed by atoms with Gasteiger partial charge in [-0.15, -0.1) is 0 Å². The number of benzene rings is 1. The lowest BCUT2D eigenvalue weighted by Gasteiger charge is -2.43. The molecule has 1 N–H and O–H groups in total. The molecular formula is C18H26ClN. The zero-order valence-electron chi connectivity index (χ0n) is 13.1. The topological polar surface area (TPSA) is 12.0 Å². The van der Waals surface area contributed by atoms with Crippen molar-refractivity contribution in [3.05, 3.63) is 34.3 Å². The minimum atomic E-state index is 0.424. The molecule has 0 heterocycles. The van der Waals surface area contributed by atoms with Gasteiger partial charge in [0.1, 0.15) is 0 Å². The number of hydrogen-bond acceptors (Lipinski definition) is 1. The zero-order valence-corrected chi connectivity index (χ0v) is 13.8. The van der Waals surface area contributed by atoms with Crippen LogP contribution in [-0.4, -0.2) is 6.04 Å². The summed E-state index contributed by atoms with van der Waals surface area (Å²) in [7, 11) is 0. The number of hydrogen-bond donors (Lipinski definition) is 1. The second kappa shape index (κ2) is 4.74. The molecule has 1 aromatic rings. The van der Waals surface area contributed by atoms with Crippen LogP contribution in [0.4, 0.5) is 0 Å². The highest BCUT2D eigenvalue weighted by atomic mass is 35.5. The fourth-order valence-electron chi connectivity index (χ4n) is 4.88. The largest absolute Gasteiger partial charge is 0.309 e. The Hall–Kier alpha value is -0.530. The second-order valence-electron chi connectivity index (χ2n) is 7.80. The zero-order chi connectivity index (χ0) is 14.5. The SMILES string of the molecule is Cc1cc(Cl)ccc1CNC1C2(C)CCC(C2)C1(C)C. The average molecular weight is 292 g/mol. The molecule has 2 aliphatic carbocycles. The van der Waals surface area contributed by atoms with E-state index in [1.807, 2.05) is 6.07 Å². The predicted molar refractivity (Wildman–Crippen MR) is 86.0 cm³/mol. The summed E-state index contributed by atoms with van der Waals surface area (Å²) in [6.45, 7) is 10.5. The molecule has 0 aromatic heterocycles. The number of aryl methyl sites for hydroxylation is 1. The van der Waals surface area contributed by atoms with Gasteiger partial charge in [-0.2, -0.15) is 0 Å². The van der Waals surface area contributed by atoms with Crippen LogP contribution in [0.3, 0.4) is 0 Å². The van der Waals surface area contributed by atoms with Crippen molar-refractivity contribution in [2.75, 3.05) is 0 Å². The van der Waals surface area contributed by atoms with E-state index in [4.69, 9.17) is 11.6 Å². The quantitative estimate of drug-likeness (QED) is 0.830. The van der Waals surface area contributed by atoms with Gasteiger partial charge in [-0.1, -0.05) is 38.4 Å². The first kappa shape index (κ1) is 14.4. The van der Waals surface area contributed by atoms with E-state index in [1.165, 1.54) is 30.4 Å². The van der Waals surface area contributed by atoms with Crippen molar-refractivity contribution >= 4 is 11.6 Å².